The summed E-state index contributed by atoms with van der Waals surface area (Å²) < 4.78 is 16.9. The van der Waals surface area contributed by atoms with Crippen molar-refractivity contribution in [2.45, 2.75) is 52.2 Å². The summed E-state index contributed by atoms with van der Waals surface area (Å²) in [6.07, 6.45) is 0.0535. The first kappa shape index (κ1) is 21.8. The van der Waals surface area contributed by atoms with E-state index in [1.807, 2.05) is 43.5 Å². The lowest BCUT2D eigenvalue weighted by atomic mass is 9.78. The number of nitrogens with zero attached hydrogens (tertiary/aromatic N) is 1. The van der Waals surface area contributed by atoms with Gasteiger partial charge in [-0.05, 0) is 31.4 Å². The zero-order valence-corrected chi connectivity index (χ0v) is 19.1. The van der Waals surface area contributed by atoms with Gasteiger partial charge < -0.3 is 19.5 Å². The molecule has 3 heterocycles. The highest BCUT2D eigenvalue weighted by molar-refractivity contribution is 7.13. The van der Waals surface area contributed by atoms with E-state index in [0.29, 0.717) is 23.4 Å². The van der Waals surface area contributed by atoms with Gasteiger partial charge >= 0.3 is 11.9 Å². The van der Waals surface area contributed by atoms with Crippen LogP contribution in [0.4, 0.5) is 10.8 Å². The van der Waals surface area contributed by atoms with E-state index in [2.05, 4.69) is 24.1 Å². The predicted octanol–water partition coefficient (Wildman–Crippen LogP) is 4.33. The van der Waals surface area contributed by atoms with Crippen LogP contribution in [-0.2, 0) is 29.4 Å². The molecule has 0 unspecified atom stereocenters. The van der Waals surface area contributed by atoms with Gasteiger partial charge in [-0.15, -0.1) is 11.3 Å². The molecule has 2 saturated heterocycles. The summed E-state index contributed by atoms with van der Waals surface area (Å²) in [4.78, 5) is 30.2. The molecule has 1 aromatic carbocycles. The molecule has 0 bridgehead atoms. The average Bonchev–Trinajstić information content (AvgIpc) is 3.36. The van der Waals surface area contributed by atoms with Gasteiger partial charge in [-0.1, -0.05) is 32.0 Å². The van der Waals surface area contributed by atoms with Gasteiger partial charge in [0.25, 0.3) is 0 Å². The molecule has 0 radical (unpaired) electrons. The van der Waals surface area contributed by atoms with Crippen LogP contribution in [0.15, 0.2) is 29.6 Å². The minimum absolute atomic E-state index is 0.214. The quantitative estimate of drug-likeness (QED) is 0.502. The van der Waals surface area contributed by atoms with Crippen LogP contribution >= 0.6 is 11.3 Å². The minimum atomic E-state index is -1.28. The third kappa shape index (κ3) is 4.19. The molecule has 4 rings (SSSR count). The first-order valence-corrected chi connectivity index (χ1v) is 11.4. The molecule has 0 saturated carbocycles. The van der Waals surface area contributed by atoms with Gasteiger partial charge in [0, 0.05) is 30.5 Å². The lowest BCUT2D eigenvalue weighted by Gasteiger charge is -2.20. The number of aromatic nitrogens is 1. The molecule has 8 heteroatoms. The number of thiazole rings is 1. The maximum Gasteiger partial charge on any atom is 0.324 e. The van der Waals surface area contributed by atoms with E-state index < -0.39 is 29.1 Å². The van der Waals surface area contributed by atoms with Gasteiger partial charge in [0.2, 0.25) is 0 Å². The molecule has 1 N–H and O–H groups in total. The Balaban J connectivity index is 1.48. The van der Waals surface area contributed by atoms with Crippen molar-refractivity contribution >= 4 is 34.1 Å². The Bertz CT molecular complexity index is 990. The number of ether oxygens (including phenoxy) is 3. The molecule has 0 amide bonds. The van der Waals surface area contributed by atoms with E-state index in [-0.39, 0.29) is 19.4 Å². The van der Waals surface area contributed by atoms with Crippen LogP contribution in [0.2, 0.25) is 0 Å². The first-order chi connectivity index (χ1) is 14.7. The molecular formula is C23H28N2O5S. The normalized spacial score (nSPS) is 27.7. The Morgan fingerprint density at radius 1 is 1.29 bits per heavy atom. The Labute approximate surface area is 186 Å². The fourth-order valence-corrected chi connectivity index (χ4v) is 4.99. The van der Waals surface area contributed by atoms with Crippen molar-refractivity contribution in [3.8, 4) is 0 Å². The van der Waals surface area contributed by atoms with Crippen LogP contribution in [0.5, 0.6) is 0 Å². The maximum absolute atomic E-state index is 12.9. The second-order valence-corrected chi connectivity index (χ2v) is 9.88. The molecule has 166 valence electrons. The number of para-hydroxylation sites is 1. The van der Waals surface area contributed by atoms with Crippen molar-refractivity contribution in [3.63, 3.8) is 0 Å². The lowest BCUT2D eigenvalue weighted by Crippen LogP contribution is -2.32. The number of rotatable bonds is 7. The number of esters is 2. The van der Waals surface area contributed by atoms with Crippen molar-refractivity contribution in [1.82, 2.24) is 4.98 Å². The summed E-state index contributed by atoms with van der Waals surface area (Å²) in [6, 6.07) is 7.95. The molecule has 1 spiro atoms. The van der Waals surface area contributed by atoms with Crippen LogP contribution < -0.4 is 5.32 Å². The van der Waals surface area contributed by atoms with Crippen LogP contribution in [0.1, 0.15) is 44.9 Å². The summed E-state index contributed by atoms with van der Waals surface area (Å²) in [5, 5.41) is 5.89. The van der Waals surface area contributed by atoms with E-state index in [1.54, 1.807) is 0 Å². The summed E-state index contributed by atoms with van der Waals surface area (Å²) in [5.74, 6) is -0.668. The number of benzene rings is 1. The van der Waals surface area contributed by atoms with Gasteiger partial charge in [0.15, 0.2) is 16.1 Å². The van der Waals surface area contributed by atoms with E-state index in [1.165, 1.54) is 11.3 Å². The Morgan fingerprint density at radius 2 is 2.06 bits per heavy atom. The summed E-state index contributed by atoms with van der Waals surface area (Å²) >= 11 is 1.44. The van der Waals surface area contributed by atoms with Gasteiger partial charge in [-0.2, -0.15) is 0 Å². The van der Waals surface area contributed by atoms with E-state index in [9.17, 15) is 9.59 Å². The van der Waals surface area contributed by atoms with Crippen LogP contribution in [0.25, 0.3) is 0 Å². The van der Waals surface area contributed by atoms with Crippen molar-refractivity contribution in [2.75, 3.05) is 18.5 Å². The standard InChI is InChI=1S/C23H28N2O5S/c1-14(2)10-28-11-16-9-23(19(26)29-16)13-22(4,30-20(23)27)18-12-31-21(25-18)24-17-8-6-5-7-15(17)3/h5-8,12,14,16H,9-11,13H2,1-4H3,(H,24,25)/t16-,22-,23-/m1/s1. The second kappa shape index (κ2) is 8.24. The van der Waals surface area contributed by atoms with E-state index in [4.69, 9.17) is 14.2 Å². The minimum Gasteiger partial charge on any atom is -0.459 e. The first-order valence-electron chi connectivity index (χ1n) is 10.5. The second-order valence-electron chi connectivity index (χ2n) is 9.02. The summed E-state index contributed by atoms with van der Waals surface area (Å²) in [6.45, 7) is 8.81. The number of hydrogen-bond donors (Lipinski definition) is 1. The number of aryl methyl sites for hydroxylation is 1. The maximum atomic E-state index is 12.9. The number of carbonyl (C=O) groups is 2. The van der Waals surface area contributed by atoms with E-state index in [0.717, 1.165) is 11.3 Å². The zero-order chi connectivity index (χ0) is 22.2. The highest BCUT2D eigenvalue weighted by Crippen LogP contribution is 2.52. The number of anilines is 2. The predicted molar refractivity (Wildman–Crippen MR) is 117 cm³/mol. The number of carbonyl (C=O) groups excluding carboxylic acids is 2. The van der Waals surface area contributed by atoms with Crippen LogP contribution in [0, 0.1) is 18.3 Å². The molecule has 0 aliphatic carbocycles. The number of nitrogens with one attached hydrogen (secondary N) is 1. The highest BCUT2D eigenvalue weighted by Gasteiger charge is 2.65. The monoisotopic (exact) mass is 444 g/mol. The smallest absolute Gasteiger partial charge is 0.324 e. The largest absolute Gasteiger partial charge is 0.459 e. The molecule has 7 nitrogen and oxygen atoms in total. The Kier molecular flexibility index (Phi) is 5.79. The summed E-state index contributed by atoms with van der Waals surface area (Å²) in [5.41, 5.74) is 0.444. The molecule has 3 atom stereocenters. The SMILES string of the molecule is Cc1ccccc1Nc1nc([C@@]2(C)C[C@@]3(C[C@H](COCC(C)C)OC3=O)C(=O)O2)cs1. The average molecular weight is 445 g/mol. The molecular weight excluding hydrogens is 416 g/mol. The zero-order valence-electron chi connectivity index (χ0n) is 18.3. The molecule has 2 aliphatic rings. The Hall–Kier alpha value is -2.45. The van der Waals surface area contributed by atoms with Crippen molar-refractivity contribution in [3.05, 3.63) is 40.9 Å². The van der Waals surface area contributed by atoms with Crippen molar-refractivity contribution in [2.24, 2.45) is 11.3 Å². The molecule has 2 aromatic rings. The molecule has 2 aliphatic heterocycles. The number of hydrogen-bond acceptors (Lipinski definition) is 8. The fourth-order valence-electron chi connectivity index (χ4n) is 4.15. The molecule has 31 heavy (non-hydrogen) atoms. The highest BCUT2D eigenvalue weighted by atomic mass is 32.1. The van der Waals surface area contributed by atoms with Crippen molar-refractivity contribution < 1.29 is 23.8 Å². The molecule has 1 aromatic heterocycles. The van der Waals surface area contributed by atoms with Gasteiger partial charge in [0.1, 0.15) is 6.10 Å². The van der Waals surface area contributed by atoms with Gasteiger partial charge in [0.05, 0.1) is 12.3 Å². The van der Waals surface area contributed by atoms with Gasteiger partial charge in [-0.25, -0.2) is 4.98 Å². The molecule has 2 fully saturated rings. The topological polar surface area (TPSA) is 86.8 Å². The van der Waals surface area contributed by atoms with E-state index >= 15 is 0 Å². The third-order valence-electron chi connectivity index (χ3n) is 5.78. The summed E-state index contributed by atoms with van der Waals surface area (Å²) in [7, 11) is 0. The van der Waals surface area contributed by atoms with Gasteiger partial charge in [-0.3, -0.25) is 9.59 Å². The van der Waals surface area contributed by atoms with Crippen LogP contribution in [0.3, 0.4) is 0 Å². The fraction of sp³-hybridized carbons (Fsp3) is 0.522. The van der Waals surface area contributed by atoms with Crippen molar-refractivity contribution in [1.29, 1.82) is 0 Å². The number of cyclic esters (lactones) is 2. The Morgan fingerprint density at radius 3 is 2.81 bits per heavy atom. The lowest BCUT2D eigenvalue weighted by molar-refractivity contribution is -0.160. The third-order valence-corrected chi connectivity index (χ3v) is 6.53. The van der Waals surface area contributed by atoms with Crippen LogP contribution in [-0.4, -0.2) is 36.2 Å².